The highest BCUT2D eigenvalue weighted by atomic mass is 16.5. The van der Waals surface area contributed by atoms with E-state index in [2.05, 4.69) is 15.5 Å². The smallest absolute Gasteiger partial charge is 0.316 e. The van der Waals surface area contributed by atoms with Crippen LogP contribution in [0.4, 0.5) is 5.69 Å². The van der Waals surface area contributed by atoms with Gasteiger partial charge >= 0.3 is 11.8 Å². The molecule has 7 heteroatoms. The predicted molar refractivity (Wildman–Crippen MR) is 85.4 cm³/mol. The van der Waals surface area contributed by atoms with Gasteiger partial charge in [0, 0.05) is 38.5 Å². The molecule has 1 saturated heterocycles. The molecule has 0 saturated carbocycles. The number of amides is 1. The molecule has 1 N–H and O–H groups in total. The second-order valence-corrected chi connectivity index (χ2v) is 5.71. The molecule has 1 aromatic carbocycles. The molecule has 2 heterocycles. The standard InChI is InChI=1S/C16H20N4O3/c1-20(2)12-7-5-11(6-8-12)14-18-16(23-19-14)15(21)17-10-13-4-3-9-22-13/h5-8,13H,3-4,9-10H2,1-2H3,(H,17,21). The molecule has 0 spiro atoms. The first-order valence-corrected chi connectivity index (χ1v) is 7.65. The van der Waals surface area contributed by atoms with E-state index in [1.807, 2.05) is 43.3 Å². The molecule has 1 atom stereocenters. The second-order valence-electron chi connectivity index (χ2n) is 5.71. The number of nitrogens with zero attached hydrogens (tertiary/aromatic N) is 3. The fourth-order valence-electron chi connectivity index (χ4n) is 2.43. The van der Waals surface area contributed by atoms with E-state index < -0.39 is 0 Å². The Hall–Kier alpha value is -2.41. The summed E-state index contributed by atoms with van der Waals surface area (Å²) in [6, 6.07) is 7.72. The van der Waals surface area contributed by atoms with E-state index in [1.165, 1.54) is 0 Å². The molecule has 0 bridgehead atoms. The average molecular weight is 316 g/mol. The number of ether oxygens (including phenoxy) is 1. The molecule has 1 aliphatic rings. The number of hydrogen-bond donors (Lipinski definition) is 1. The van der Waals surface area contributed by atoms with Gasteiger partial charge in [0.1, 0.15) is 0 Å². The van der Waals surface area contributed by atoms with Gasteiger partial charge in [0.2, 0.25) is 5.82 Å². The van der Waals surface area contributed by atoms with Gasteiger partial charge in [0.05, 0.1) is 6.10 Å². The Kier molecular flexibility index (Phi) is 4.57. The number of rotatable bonds is 5. The van der Waals surface area contributed by atoms with Gasteiger partial charge in [-0.15, -0.1) is 0 Å². The first-order valence-electron chi connectivity index (χ1n) is 7.65. The van der Waals surface area contributed by atoms with Gasteiger partial charge in [-0.05, 0) is 37.1 Å². The fourth-order valence-corrected chi connectivity index (χ4v) is 2.43. The van der Waals surface area contributed by atoms with E-state index in [0.29, 0.717) is 12.4 Å². The normalized spacial score (nSPS) is 17.2. The number of carbonyl (C=O) groups excluding carboxylic acids is 1. The van der Waals surface area contributed by atoms with E-state index in [4.69, 9.17) is 9.26 Å². The van der Waals surface area contributed by atoms with Gasteiger partial charge in [-0.25, -0.2) is 0 Å². The van der Waals surface area contributed by atoms with Crippen LogP contribution in [0.3, 0.4) is 0 Å². The van der Waals surface area contributed by atoms with E-state index >= 15 is 0 Å². The van der Waals surface area contributed by atoms with Gasteiger partial charge < -0.3 is 19.5 Å². The van der Waals surface area contributed by atoms with Crippen LogP contribution in [0.25, 0.3) is 11.4 Å². The molecule has 122 valence electrons. The summed E-state index contributed by atoms with van der Waals surface area (Å²) in [5.41, 5.74) is 1.88. The zero-order chi connectivity index (χ0) is 16.2. The maximum Gasteiger partial charge on any atom is 0.316 e. The minimum atomic E-state index is -0.371. The topological polar surface area (TPSA) is 80.5 Å². The highest BCUT2D eigenvalue weighted by Gasteiger charge is 2.20. The lowest BCUT2D eigenvalue weighted by molar-refractivity contribution is 0.0822. The fraction of sp³-hybridized carbons (Fsp3) is 0.438. The molecule has 0 radical (unpaired) electrons. The summed E-state index contributed by atoms with van der Waals surface area (Å²) < 4.78 is 10.5. The number of anilines is 1. The third-order valence-electron chi connectivity index (χ3n) is 3.78. The zero-order valence-electron chi connectivity index (χ0n) is 13.3. The Bertz CT molecular complexity index is 660. The molecule has 7 nitrogen and oxygen atoms in total. The minimum absolute atomic E-state index is 0.0327. The molecule has 1 fully saturated rings. The number of carbonyl (C=O) groups is 1. The molecule has 3 rings (SSSR count). The van der Waals surface area contributed by atoms with Crippen molar-refractivity contribution in [2.45, 2.75) is 18.9 Å². The summed E-state index contributed by atoms with van der Waals surface area (Å²) in [7, 11) is 3.94. The van der Waals surface area contributed by atoms with E-state index in [-0.39, 0.29) is 17.9 Å². The van der Waals surface area contributed by atoms with Crippen molar-refractivity contribution in [1.29, 1.82) is 0 Å². The summed E-state index contributed by atoms with van der Waals surface area (Å²) >= 11 is 0. The first-order chi connectivity index (χ1) is 11.1. The summed E-state index contributed by atoms with van der Waals surface area (Å²) in [5.74, 6) is -0.00332. The summed E-state index contributed by atoms with van der Waals surface area (Å²) in [6.07, 6.45) is 2.09. The van der Waals surface area contributed by atoms with Crippen LogP contribution >= 0.6 is 0 Å². The minimum Gasteiger partial charge on any atom is -0.378 e. The van der Waals surface area contributed by atoms with Crippen LogP contribution in [0, 0.1) is 0 Å². The monoisotopic (exact) mass is 316 g/mol. The first kappa shape index (κ1) is 15.5. The van der Waals surface area contributed by atoms with Crippen LogP contribution in [0.1, 0.15) is 23.5 Å². The lowest BCUT2D eigenvalue weighted by atomic mass is 10.2. The molecule has 2 aromatic rings. The van der Waals surface area contributed by atoms with Crippen LogP contribution in [0.5, 0.6) is 0 Å². The maximum atomic E-state index is 12.0. The third kappa shape index (κ3) is 3.68. The Morgan fingerprint density at radius 3 is 2.78 bits per heavy atom. The summed E-state index contributed by atoms with van der Waals surface area (Å²) in [4.78, 5) is 18.2. The van der Waals surface area contributed by atoms with Crippen LogP contribution in [-0.2, 0) is 4.74 Å². The molecule has 0 aliphatic carbocycles. The van der Waals surface area contributed by atoms with Crippen molar-refractivity contribution in [1.82, 2.24) is 15.5 Å². The SMILES string of the molecule is CN(C)c1ccc(-c2noc(C(=O)NCC3CCCO3)n2)cc1. The van der Waals surface area contributed by atoms with Crippen molar-refractivity contribution in [2.75, 3.05) is 32.1 Å². The quantitative estimate of drug-likeness (QED) is 0.904. The van der Waals surface area contributed by atoms with Crippen molar-refractivity contribution in [3.8, 4) is 11.4 Å². The molecule has 1 amide bonds. The van der Waals surface area contributed by atoms with Crippen molar-refractivity contribution in [3.05, 3.63) is 30.2 Å². The number of benzene rings is 1. The number of nitrogens with one attached hydrogen (secondary N) is 1. The highest BCUT2D eigenvalue weighted by Crippen LogP contribution is 2.20. The van der Waals surface area contributed by atoms with Crippen molar-refractivity contribution in [2.24, 2.45) is 0 Å². The Morgan fingerprint density at radius 1 is 1.35 bits per heavy atom. The molecular weight excluding hydrogens is 296 g/mol. The Morgan fingerprint density at radius 2 is 2.13 bits per heavy atom. The van der Waals surface area contributed by atoms with Crippen molar-refractivity contribution in [3.63, 3.8) is 0 Å². The molecule has 23 heavy (non-hydrogen) atoms. The Balaban J connectivity index is 1.63. The molecule has 1 unspecified atom stereocenters. The van der Waals surface area contributed by atoms with E-state index in [9.17, 15) is 4.79 Å². The zero-order valence-corrected chi connectivity index (χ0v) is 13.3. The lowest BCUT2D eigenvalue weighted by Crippen LogP contribution is -2.31. The van der Waals surface area contributed by atoms with E-state index in [0.717, 1.165) is 30.7 Å². The average Bonchev–Trinajstić information content (AvgIpc) is 3.24. The number of hydrogen-bond acceptors (Lipinski definition) is 6. The predicted octanol–water partition coefficient (Wildman–Crippen LogP) is 1.71. The Labute approximate surface area is 134 Å². The maximum absolute atomic E-state index is 12.0. The molecular formula is C16H20N4O3. The second kappa shape index (κ2) is 6.78. The van der Waals surface area contributed by atoms with Gasteiger partial charge in [-0.1, -0.05) is 5.16 Å². The summed E-state index contributed by atoms with van der Waals surface area (Å²) in [5, 5.41) is 6.63. The van der Waals surface area contributed by atoms with E-state index in [1.54, 1.807) is 0 Å². The van der Waals surface area contributed by atoms with Crippen molar-refractivity contribution >= 4 is 11.6 Å². The highest BCUT2D eigenvalue weighted by molar-refractivity contribution is 5.89. The van der Waals surface area contributed by atoms with Crippen LogP contribution < -0.4 is 10.2 Å². The molecule has 1 aliphatic heterocycles. The van der Waals surface area contributed by atoms with Crippen LogP contribution in [-0.4, -0.2) is 49.4 Å². The van der Waals surface area contributed by atoms with Gasteiger partial charge in [0.15, 0.2) is 0 Å². The lowest BCUT2D eigenvalue weighted by Gasteiger charge is -2.11. The number of aromatic nitrogens is 2. The van der Waals surface area contributed by atoms with Gasteiger partial charge in [-0.2, -0.15) is 4.98 Å². The van der Waals surface area contributed by atoms with Crippen molar-refractivity contribution < 1.29 is 14.1 Å². The summed E-state index contributed by atoms with van der Waals surface area (Å²) in [6.45, 7) is 1.22. The third-order valence-corrected chi connectivity index (χ3v) is 3.78. The van der Waals surface area contributed by atoms with Crippen LogP contribution in [0.2, 0.25) is 0 Å². The van der Waals surface area contributed by atoms with Gasteiger partial charge in [-0.3, -0.25) is 4.79 Å². The van der Waals surface area contributed by atoms with Crippen LogP contribution in [0.15, 0.2) is 28.8 Å². The largest absolute Gasteiger partial charge is 0.378 e. The molecule has 1 aromatic heterocycles. The van der Waals surface area contributed by atoms with Gasteiger partial charge in [0.25, 0.3) is 0 Å².